The Morgan fingerprint density at radius 1 is 1.23 bits per heavy atom. The highest BCUT2D eigenvalue weighted by Crippen LogP contribution is 2.33. The highest BCUT2D eigenvalue weighted by atomic mass is 16.5. The van der Waals surface area contributed by atoms with Gasteiger partial charge >= 0.3 is 5.97 Å². The van der Waals surface area contributed by atoms with E-state index in [1.807, 2.05) is 25.1 Å². The van der Waals surface area contributed by atoms with Crippen molar-refractivity contribution in [2.45, 2.75) is 19.8 Å². The summed E-state index contributed by atoms with van der Waals surface area (Å²) in [6, 6.07) is 5.92. The molecule has 0 N–H and O–H groups in total. The van der Waals surface area contributed by atoms with Gasteiger partial charge in [-0.25, -0.2) is 0 Å². The van der Waals surface area contributed by atoms with Crippen molar-refractivity contribution in [1.82, 2.24) is 0 Å². The molecule has 1 heterocycles. The normalized spacial score (nSPS) is 18.9. The Balaban J connectivity index is 2.02. The fourth-order valence-electron chi connectivity index (χ4n) is 3.03. The molecule has 1 aromatic rings. The van der Waals surface area contributed by atoms with Gasteiger partial charge in [0.25, 0.3) is 0 Å². The molecule has 0 saturated carbocycles. The van der Waals surface area contributed by atoms with Crippen LogP contribution in [-0.4, -0.2) is 40.4 Å². The fourth-order valence-corrected chi connectivity index (χ4v) is 3.03. The maximum atomic E-state index is 11.5. The number of methoxy groups -OCH3 is 3. The van der Waals surface area contributed by atoms with Crippen LogP contribution in [0.25, 0.3) is 0 Å². The Morgan fingerprint density at radius 2 is 1.86 bits per heavy atom. The lowest BCUT2D eigenvalue weighted by atomic mass is 9.95. The molecule has 0 radical (unpaired) electrons. The van der Waals surface area contributed by atoms with Gasteiger partial charge in [0, 0.05) is 37.0 Å². The summed E-state index contributed by atoms with van der Waals surface area (Å²) < 4.78 is 15.5. The van der Waals surface area contributed by atoms with Crippen molar-refractivity contribution in [3.63, 3.8) is 0 Å². The van der Waals surface area contributed by atoms with Crippen molar-refractivity contribution in [1.29, 1.82) is 0 Å². The Morgan fingerprint density at radius 3 is 2.41 bits per heavy atom. The van der Waals surface area contributed by atoms with Crippen LogP contribution in [0.1, 0.15) is 19.8 Å². The number of benzene rings is 1. The third-order valence-corrected chi connectivity index (χ3v) is 4.28. The van der Waals surface area contributed by atoms with Gasteiger partial charge in [-0.3, -0.25) is 4.79 Å². The third kappa shape index (κ3) is 3.84. The van der Waals surface area contributed by atoms with E-state index in [4.69, 9.17) is 14.2 Å². The number of nitrogens with zero attached hydrogens (tertiary/aromatic N) is 1. The second kappa shape index (κ2) is 7.38. The minimum atomic E-state index is -0.124. The first-order chi connectivity index (χ1) is 10.6. The van der Waals surface area contributed by atoms with Gasteiger partial charge < -0.3 is 19.1 Å². The molecule has 2 atom stereocenters. The van der Waals surface area contributed by atoms with E-state index in [2.05, 4.69) is 4.90 Å². The molecule has 1 fully saturated rings. The van der Waals surface area contributed by atoms with Gasteiger partial charge in [-0.2, -0.15) is 0 Å². The molecule has 1 aliphatic rings. The molecule has 1 saturated heterocycles. The summed E-state index contributed by atoms with van der Waals surface area (Å²) in [5.74, 6) is 1.92. The van der Waals surface area contributed by atoms with Crippen LogP contribution in [0.15, 0.2) is 18.2 Å². The fraction of sp³-hybridized carbons (Fsp3) is 0.588. The largest absolute Gasteiger partial charge is 0.497 e. The van der Waals surface area contributed by atoms with Gasteiger partial charge in [0.15, 0.2) is 0 Å². The quantitative estimate of drug-likeness (QED) is 0.756. The van der Waals surface area contributed by atoms with E-state index in [1.54, 1.807) is 14.2 Å². The van der Waals surface area contributed by atoms with E-state index in [0.717, 1.165) is 43.1 Å². The average molecular weight is 307 g/mol. The van der Waals surface area contributed by atoms with Gasteiger partial charge in [0.1, 0.15) is 11.5 Å². The predicted octanol–water partition coefficient (Wildman–Crippen LogP) is 2.73. The average Bonchev–Trinajstić information content (AvgIpc) is 3.01. The number of anilines is 1. The molecule has 5 heteroatoms. The number of carbonyl (C=O) groups is 1. The maximum Gasteiger partial charge on any atom is 0.308 e. The first kappa shape index (κ1) is 16.5. The van der Waals surface area contributed by atoms with Gasteiger partial charge in [-0.1, -0.05) is 6.92 Å². The molecular formula is C17H25NO4. The van der Waals surface area contributed by atoms with Crippen LogP contribution in [0.2, 0.25) is 0 Å². The SMILES string of the molecule is COC(=O)C(C)CC1CCN(c2cc(OC)cc(OC)c2)C1. The van der Waals surface area contributed by atoms with Crippen LogP contribution in [0, 0.1) is 11.8 Å². The van der Waals surface area contributed by atoms with Crippen molar-refractivity contribution < 1.29 is 19.0 Å². The monoisotopic (exact) mass is 307 g/mol. The standard InChI is InChI=1S/C17H25NO4/c1-12(17(19)22-4)7-13-5-6-18(11-13)14-8-15(20-2)10-16(9-14)21-3/h8-10,12-13H,5-7,11H2,1-4H3. The molecule has 1 aromatic carbocycles. The number of ether oxygens (including phenoxy) is 3. The van der Waals surface area contributed by atoms with Crippen molar-refractivity contribution >= 4 is 11.7 Å². The van der Waals surface area contributed by atoms with Crippen LogP contribution in [0.3, 0.4) is 0 Å². The molecule has 0 aromatic heterocycles. The first-order valence-corrected chi connectivity index (χ1v) is 7.63. The zero-order chi connectivity index (χ0) is 16.1. The molecule has 2 unspecified atom stereocenters. The zero-order valence-corrected chi connectivity index (χ0v) is 13.8. The molecule has 0 aliphatic carbocycles. The van der Waals surface area contributed by atoms with Crippen LogP contribution < -0.4 is 14.4 Å². The molecule has 5 nitrogen and oxygen atoms in total. The van der Waals surface area contributed by atoms with Crippen molar-refractivity contribution in [3.05, 3.63) is 18.2 Å². The topological polar surface area (TPSA) is 48.0 Å². The molecule has 0 bridgehead atoms. The number of hydrogen-bond donors (Lipinski definition) is 0. The Hall–Kier alpha value is -1.91. The van der Waals surface area contributed by atoms with E-state index in [0.29, 0.717) is 5.92 Å². The van der Waals surface area contributed by atoms with Crippen LogP contribution in [0.4, 0.5) is 5.69 Å². The zero-order valence-electron chi connectivity index (χ0n) is 13.8. The van der Waals surface area contributed by atoms with Gasteiger partial charge in [0.2, 0.25) is 0 Å². The van der Waals surface area contributed by atoms with E-state index in [1.165, 1.54) is 7.11 Å². The van der Waals surface area contributed by atoms with Crippen molar-refractivity contribution in [2.75, 3.05) is 39.3 Å². The van der Waals surface area contributed by atoms with E-state index in [9.17, 15) is 4.79 Å². The smallest absolute Gasteiger partial charge is 0.308 e. The Kier molecular flexibility index (Phi) is 5.52. The minimum absolute atomic E-state index is 0.0465. The van der Waals surface area contributed by atoms with Gasteiger partial charge in [-0.05, 0) is 18.8 Å². The van der Waals surface area contributed by atoms with Crippen LogP contribution in [0.5, 0.6) is 11.5 Å². The van der Waals surface area contributed by atoms with Crippen LogP contribution >= 0.6 is 0 Å². The lowest BCUT2D eigenvalue weighted by Crippen LogP contribution is -2.22. The minimum Gasteiger partial charge on any atom is -0.497 e. The summed E-state index contributed by atoms with van der Waals surface area (Å²) >= 11 is 0. The summed E-state index contributed by atoms with van der Waals surface area (Å²) in [5.41, 5.74) is 1.10. The first-order valence-electron chi connectivity index (χ1n) is 7.63. The van der Waals surface area contributed by atoms with Gasteiger partial charge in [0.05, 0.1) is 27.2 Å². The molecule has 0 amide bonds. The molecular weight excluding hydrogens is 282 g/mol. The number of rotatable bonds is 6. The lowest BCUT2D eigenvalue weighted by molar-refractivity contribution is -0.145. The van der Waals surface area contributed by atoms with Crippen molar-refractivity contribution in [2.24, 2.45) is 11.8 Å². The summed E-state index contributed by atoms with van der Waals surface area (Å²) in [6.45, 7) is 3.86. The lowest BCUT2D eigenvalue weighted by Gasteiger charge is -2.21. The van der Waals surface area contributed by atoms with E-state index in [-0.39, 0.29) is 11.9 Å². The second-order valence-corrected chi connectivity index (χ2v) is 5.83. The molecule has 0 spiro atoms. The van der Waals surface area contributed by atoms with Crippen molar-refractivity contribution in [3.8, 4) is 11.5 Å². The summed E-state index contributed by atoms with van der Waals surface area (Å²) in [7, 11) is 4.76. The maximum absolute atomic E-state index is 11.5. The molecule has 2 rings (SSSR count). The van der Waals surface area contributed by atoms with Crippen LogP contribution in [-0.2, 0) is 9.53 Å². The molecule has 22 heavy (non-hydrogen) atoms. The summed E-state index contributed by atoms with van der Waals surface area (Å²) in [4.78, 5) is 13.9. The Bertz CT molecular complexity index is 495. The van der Waals surface area contributed by atoms with E-state index >= 15 is 0 Å². The number of esters is 1. The number of carbonyl (C=O) groups excluding carboxylic acids is 1. The third-order valence-electron chi connectivity index (χ3n) is 4.28. The summed E-state index contributed by atoms with van der Waals surface area (Å²) in [5, 5.41) is 0. The van der Waals surface area contributed by atoms with E-state index < -0.39 is 0 Å². The molecule has 1 aliphatic heterocycles. The highest BCUT2D eigenvalue weighted by molar-refractivity contribution is 5.71. The molecule has 122 valence electrons. The van der Waals surface area contributed by atoms with Gasteiger partial charge in [-0.15, -0.1) is 0 Å². The Labute approximate surface area is 132 Å². The highest BCUT2D eigenvalue weighted by Gasteiger charge is 2.27. The predicted molar refractivity (Wildman–Crippen MR) is 85.7 cm³/mol. The second-order valence-electron chi connectivity index (χ2n) is 5.83. The number of hydrogen-bond acceptors (Lipinski definition) is 5. The summed E-state index contributed by atoms with van der Waals surface area (Å²) in [6.07, 6.45) is 1.95.